The Hall–Kier alpha value is 0.970. The molecule has 0 unspecified atom stereocenters. The lowest BCUT2D eigenvalue weighted by Crippen LogP contribution is -2.23. The number of rotatable bonds is 3. The summed E-state index contributed by atoms with van der Waals surface area (Å²) in [4.78, 5) is 0. The Morgan fingerprint density at radius 2 is 0.720 bits per heavy atom. The van der Waals surface area contributed by atoms with Gasteiger partial charge in [0.2, 0.25) is 0 Å². The van der Waals surface area contributed by atoms with Crippen molar-refractivity contribution in [3.8, 4) is 0 Å². The van der Waals surface area contributed by atoms with E-state index in [0.717, 1.165) is 26.8 Å². The van der Waals surface area contributed by atoms with Crippen LogP contribution in [0.1, 0.15) is 0 Å². The van der Waals surface area contributed by atoms with Crippen molar-refractivity contribution in [1.82, 2.24) is 0 Å². The minimum absolute atomic E-state index is 0.788. The van der Waals surface area contributed by atoms with Gasteiger partial charge in [0.15, 0.2) is 0 Å². The van der Waals surface area contributed by atoms with Crippen molar-refractivity contribution in [3.05, 3.63) is 81.4 Å². The topological polar surface area (TPSA) is 0 Å². The third-order valence-electron chi connectivity index (χ3n) is 3.52. The Morgan fingerprint density at radius 3 is 1.00 bits per heavy atom. The molecule has 0 aliphatic rings. The van der Waals surface area contributed by atoms with Crippen molar-refractivity contribution in [2.75, 3.05) is 0 Å². The van der Waals surface area contributed by atoms with Gasteiger partial charge in [0, 0.05) is 42.7 Å². The first-order valence-electron chi connectivity index (χ1n) is 7.04. The second-order valence-electron chi connectivity index (χ2n) is 5.05. The first-order valence-corrected chi connectivity index (χ1v) is 13.1. The summed E-state index contributed by atoms with van der Waals surface area (Å²) in [6.07, 6.45) is 0. The Morgan fingerprint density at radius 1 is 0.440 bits per heavy atom. The average Bonchev–Trinajstić information content (AvgIpc) is 2.59. The number of benzene rings is 3. The van der Waals surface area contributed by atoms with Crippen molar-refractivity contribution < 1.29 is 0 Å². The molecule has 0 atom stereocenters. The first-order chi connectivity index (χ1) is 11.9. The molecule has 0 bridgehead atoms. The van der Waals surface area contributed by atoms with Crippen molar-refractivity contribution in [3.63, 3.8) is 0 Å². The molecule has 0 spiro atoms. The number of hydrogen-bond acceptors (Lipinski definition) is 0. The molecule has 0 amide bonds. The third-order valence-corrected chi connectivity index (χ3v) is 13.1. The van der Waals surface area contributed by atoms with Crippen LogP contribution in [0.5, 0.6) is 0 Å². The van der Waals surface area contributed by atoms with E-state index in [4.69, 9.17) is 0 Å². The molecule has 3 aromatic rings. The zero-order chi connectivity index (χ0) is 18.1. The van der Waals surface area contributed by atoms with Crippen LogP contribution in [0.4, 0.5) is 0 Å². The van der Waals surface area contributed by atoms with Gasteiger partial charge in [-0.15, -0.1) is 0 Å². The molecule has 3 rings (SSSR count). The molecular weight excluding hydrogens is 727 g/mol. The van der Waals surface area contributed by atoms with Gasteiger partial charge in [-0.1, -0.05) is 36.4 Å². The first kappa shape index (κ1) is 20.7. The van der Waals surface area contributed by atoms with Crippen LogP contribution in [0, 0.1) is 0 Å². The van der Waals surface area contributed by atoms with Crippen LogP contribution in [0.2, 0.25) is 0 Å². The minimum atomic E-state index is -0.788. The molecule has 0 aromatic heterocycles. The molecule has 3 aromatic carbocycles. The van der Waals surface area contributed by atoms with Crippen LogP contribution < -0.4 is 15.9 Å². The highest BCUT2D eigenvalue weighted by Gasteiger charge is 2.25. The van der Waals surface area contributed by atoms with Gasteiger partial charge in [-0.25, -0.2) is 0 Å². The Bertz CT molecular complexity index is 818. The molecule has 0 aliphatic carbocycles. The third kappa shape index (κ3) is 4.36. The summed E-state index contributed by atoms with van der Waals surface area (Å²) < 4.78 is 6.40. The number of hydrogen-bond donors (Lipinski definition) is 0. The lowest BCUT2D eigenvalue weighted by Gasteiger charge is -2.24. The lowest BCUT2D eigenvalue weighted by atomic mass is 10.3. The molecule has 0 saturated heterocycles. The summed E-state index contributed by atoms with van der Waals surface area (Å²) in [6, 6.07) is 18.9. The maximum Gasteiger partial charge on any atom is 0.0400 e. The SMILES string of the molecule is Brc1cccc(P(c2cccc(Br)c2Br)c2cccc(Br)c2Br)c1Br. The number of halogens is 6. The van der Waals surface area contributed by atoms with E-state index in [2.05, 4.69) is 132 Å². The Labute approximate surface area is 198 Å². The molecule has 0 saturated carbocycles. The van der Waals surface area contributed by atoms with E-state index in [-0.39, 0.29) is 0 Å². The summed E-state index contributed by atoms with van der Waals surface area (Å²) in [6.45, 7) is 0. The zero-order valence-corrected chi connectivity index (χ0v) is 22.8. The maximum absolute atomic E-state index is 3.78. The largest absolute Gasteiger partial charge is 0.0604 e. The lowest BCUT2D eigenvalue weighted by molar-refractivity contribution is 1.61. The molecule has 7 heteroatoms. The van der Waals surface area contributed by atoms with Gasteiger partial charge < -0.3 is 0 Å². The molecular formula is C18H9Br6P. The van der Waals surface area contributed by atoms with Crippen molar-refractivity contribution >= 4 is 119 Å². The second-order valence-corrected chi connectivity index (χ2v) is 12.1. The van der Waals surface area contributed by atoms with E-state index in [9.17, 15) is 0 Å². The molecule has 0 fully saturated rings. The van der Waals surface area contributed by atoms with Gasteiger partial charge in [-0.2, -0.15) is 0 Å². The van der Waals surface area contributed by atoms with E-state index < -0.39 is 7.92 Å². The fourth-order valence-electron chi connectivity index (χ4n) is 2.38. The van der Waals surface area contributed by atoms with Crippen LogP contribution in [0.3, 0.4) is 0 Å². The molecule has 0 heterocycles. The van der Waals surface area contributed by atoms with Crippen LogP contribution >= 0.6 is 104 Å². The molecule has 0 N–H and O–H groups in total. The van der Waals surface area contributed by atoms with E-state index in [1.807, 2.05) is 18.2 Å². The van der Waals surface area contributed by atoms with Gasteiger partial charge in [0.25, 0.3) is 0 Å². The van der Waals surface area contributed by atoms with Crippen LogP contribution in [-0.4, -0.2) is 0 Å². The fraction of sp³-hybridized carbons (Fsp3) is 0. The predicted octanol–water partition coefficient (Wildman–Crippen LogP) is 8.02. The normalized spacial score (nSPS) is 11.2. The Balaban J connectivity index is 2.35. The summed E-state index contributed by atoms with van der Waals surface area (Å²) in [7, 11) is -0.788. The van der Waals surface area contributed by atoms with Crippen LogP contribution in [0.15, 0.2) is 81.4 Å². The van der Waals surface area contributed by atoms with E-state index in [1.165, 1.54) is 15.9 Å². The van der Waals surface area contributed by atoms with Gasteiger partial charge in [0.05, 0.1) is 0 Å². The predicted molar refractivity (Wildman–Crippen MR) is 131 cm³/mol. The summed E-state index contributed by atoms with van der Waals surface area (Å²) in [5.74, 6) is 0. The highest BCUT2D eigenvalue weighted by atomic mass is 79.9. The van der Waals surface area contributed by atoms with Crippen molar-refractivity contribution in [1.29, 1.82) is 0 Å². The van der Waals surface area contributed by atoms with E-state index in [1.54, 1.807) is 0 Å². The standard InChI is InChI=1S/C18H9Br6P/c19-10-4-1-7-13(16(10)22)25(14-8-2-5-11(20)17(14)23)15-9-3-6-12(21)18(15)24/h1-9H. The smallest absolute Gasteiger partial charge is 0.0400 e. The van der Waals surface area contributed by atoms with E-state index >= 15 is 0 Å². The fourth-order valence-corrected chi connectivity index (χ4v) is 8.77. The Kier molecular flexibility index (Phi) is 7.43. The van der Waals surface area contributed by atoms with Crippen molar-refractivity contribution in [2.24, 2.45) is 0 Å². The van der Waals surface area contributed by atoms with Gasteiger partial charge in [0.1, 0.15) is 0 Å². The summed E-state index contributed by atoms with van der Waals surface area (Å²) in [5, 5.41) is 3.76. The van der Waals surface area contributed by atoms with Crippen LogP contribution in [-0.2, 0) is 0 Å². The van der Waals surface area contributed by atoms with E-state index in [0.29, 0.717) is 0 Å². The van der Waals surface area contributed by atoms with Gasteiger partial charge in [-0.05, 0) is 122 Å². The highest BCUT2D eigenvalue weighted by molar-refractivity contribution is 9.14. The molecule has 0 radical (unpaired) electrons. The molecule has 0 nitrogen and oxygen atoms in total. The summed E-state index contributed by atoms with van der Waals surface area (Å²) in [5.41, 5.74) is 0. The minimum Gasteiger partial charge on any atom is -0.0604 e. The summed E-state index contributed by atoms with van der Waals surface area (Å²) >= 11 is 22.3. The molecule has 128 valence electrons. The quantitative estimate of drug-likeness (QED) is 0.239. The monoisotopic (exact) mass is 730 g/mol. The second kappa shape index (κ2) is 8.98. The maximum atomic E-state index is 3.78. The van der Waals surface area contributed by atoms with Gasteiger partial charge in [-0.3, -0.25) is 0 Å². The zero-order valence-electron chi connectivity index (χ0n) is 12.4. The van der Waals surface area contributed by atoms with Gasteiger partial charge >= 0.3 is 0 Å². The van der Waals surface area contributed by atoms with Crippen LogP contribution in [0.25, 0.3) is 0 Å². The van der Waals surface area contributed by atoms with Crippen molar-refractivity contribution in [2.45, 2.75) is 0 Å². The average molecular weight is 736 g/mol. The molecule has 0 aliphatic heterocycles. The highest BCUT2D eigenvalue weighted by Crippen LogP contribution is 2.43. The molecule has 25 heavy (non-hydrogen) atoms.